The van der Waals surface area contributed by atoms with Crippen LogP contribution in [0.2, 0.25) is 0 Å². The second-order valence-electron chi connectivity index (χ2n) is 10.6. The number of phenols is 1. The summed E-state index contributed by atoms with van der Waals surface area (Å²) in [5.41, 5.74) is 11.7. The number of carbonyl (C=O) groups excluding carboxylic acids is 3. The molecule has 0 spiro atoms. The van der Waals surface area contributed by atoms with Crippen LogP contribution in [0.4, 0.5) is 25.0 Å². The Morgan fingerprint density at radius 2 is 1.77 bits per heavy atom. The van der Waals surface area contributed by atoms with Crippen molar-refractivity contribution in [1.29, 1.82) is 0 Å². The number of nitrogen functional groups attached to an aromatic ring is 1. The number of phenolic OH excluding ortho intramolecular Hbond substituents is 1. The predicted octanol–water partition coefficient (Wildman–Crippen LogP) is 3.14. The molecule has 2 aromatic carbocycles. The van der Waals surface area contributed by atoms with Crippen molar-refractivity contribution in [2.45, 2.75) is 51.8 Å². The van der Waals surface area contributed by atoms with Gasteiger partial charge in [0.2, 0.25) is 0 Å². The highest BCUT2D eigenvalue weighted by molar-refractivity contribution is 6.04. The minimum atomic E-state index is -1.29. The number of amides is 2. The molecule has 2 aromatic rings. The van der Waals surface area contributed by atoms with Gasteiger partial charge in [0, 0.05) is 12.6 Å². The molecule has 0 aliphatic carbocycles. The van der Waals surface area contributed by atoms with Gasteiger partial charge in [0.05, 0.1) is 29.5 Å². The lowest BCUT2D eigenvalue weighted by Gasteiger charge is -2.34. The van der Waals surface area contributed by atoms with Crippen LogP contribution in [-0.4, -0.2) is 59.1 Å². The zero-order valence-electron chi connectivity index (χ0n) is 22.2. The third-order valence-corrected chi connectivity index (χ3v) is 6.37. The van der Waals surface area contributed by atoms with Crippen LogP contribution in [0.15, 0.2) is 30.3 Å². The number of Topliss-reactive ketones (excluding diaryl/α,β-unsaturated/α-hetero) is 1. The van der Waals surface area contributed by atoms with Gasteiger partial charge in [0.1, 0.15) is 11.4 Å². The molecule has 12 heteroatoms. The Bertz CT molecular complexity index is 1230. The maximum absolute atomic E-state index is 13.9. The van der Waals surface area contributed by atoms with Gasteiger partial charge in [-0.2, -0.15) is 0 Å². The van der Waals surface area contributed by atoms with Crippen LogP contribution in [-0.2, 0) is 16.1 Å². The predicted molar refractivity (Wildman–Crippen MR) is 142 cm³/mol. The Kier molecular flexibility index (Phi) is 9.46. The molecule has 1 heterocycles. The van der Waals surface area contributed by atoms with Gasteiger partial charge in [0.15, 0.2) is 17.4 Å². The van der Waals surface area contributed by atoms with Crippen LogP contribution in [0.5, 0.6) is 5.75 Å². The van der Waals surface area contributed by atoms with E-state index in [2.05, 4.69) is 15.5 Å². The minimum absolute atomic E-state index is 0.0362. The second-order valence-corrected chi connectivity index (χ2v) is 10.6. The second kappa shape index (κ2) is 12.4. The fourth-order valence-electron chi connectivity index (χ4n) is 4.33. The number of ketones is 1. The summed E-state index contributed by atoms with van der Waals surface area (Å²) in [4.78, 5) is 39.8. The highest BCUT2D eigenvalue weighted by Gasteiger charge is 2.29. The van der Waals surface area contributed by atoms with Crippen molar-refractivity contribution in [3.05, 3.63) is 53.1 Å². The molecular formula is C27H35F2N5O5. The molecule has 39 heavy (non-hydrogen) atoms. The van der Waals surface area contributed by atoms with E-state index in [1.54, 1.807) is 39.0 Å². The fraction of sp³-hybridized carbons (Fsp3) is 0.444. The normalized spacial score (nSPS) is 15.4. The van der Waals surface area contributed by atoms with E-state index < -0.39 is 47.6 Å². The smallest absolute Gasteiger partial charge is 0.412 e. The van der Waals surface area contributed by atoms with Gasteiger partial charge in [-0.05, 0) is 76.4 Å². The number of ether oxygens (including phenoxy) is 1. The summed E-state index contributed by atoms with van der Waals surface area (Å²) >= 11 is 0. The van der Waals surface area contributed by atoms with Crippen molar-refractivity contribution in [3.63, 3.8) is 0 Å². The standard InChI is InChI=1S/C27H35F2N5O5/c1-27(2,3)39-26(38)33-21-12-19(29)18(28)11-17(21)25(37)32-13-23(36)24(31)16-6-8-34(9-7-16)14-15-4-5-22(35)20(30)10-15/h4-5,10-12,16,24,35H,6-9,13-14,30-31H2,1-3H3,(H,32,37)(H,33,38). The number of piperidine rings is 1. The van der Waals surface area contributed by atoms with Crippen LogP contribution < -0.4 is 22.1 Å². The number of rotatable bonds is 8. The highest BCUT2D eigenvalue weighted by Crippen LogP contribution is 2.25. The molecule has 3 rings (SSSR count). The summed E-state index contributed by atoms with van der Waals surface area (Å²) < 4.78 is 32.8. The Morgan fingerprint density at radius 3 is 2.38 bits per heavy atom. The zero-order valence-corrected chi connectivity index (χ0v) is 22.2. The average Bonchev–Trinajstić information content (AvgIpc) is 2.85. The number of anilines is 2. The van der Waals surface area contributed by atoms with Gasteiger partial charge < -0.3 is 26.6 Å². The molecule has 0 radical (unpaired) electrons. The van der Waals surface area contributed by atoms with E-state index in [1.165, 1.54) is 0 Å². The zero-order chi connectivity index (χ0) is 28.9. The summed E-state index contributed by atoms with van der Waals surface area (Å²) in [5, 5.41) is 14.2. The van der Waals surface area contributed by atoms with Crippen molar-refractivity contribution in [2.24, 2.45) is 11.7 Å². The van der Waals surface area contributed by atoms with E-state index >= 15 is 0 Å². The van der Waals surface area contributed by atoms with Crippen LogP contribution in [0.1, 0.15) is 49.5 Å². The van der Waals surface area contributed by atoms with Crippen molar-refractivity contribution in [3.8, 4) is 5.75 Å². The van der Waals surface area contributed by atoms with E-state index in [9.17, 15) is 28.3 Å². The van der Waals surface area contributed by atoms with Gasteiger partial charge in [-0.3, -0.25) is 19.8 Å². The number of benzene rings is 2. The Morgan fingerprint density at radius 1 is 1.13 bits per heavy atom. The first-order chi connectivity index (χ1) is 18.2. The quantitative estimate of drug-likeness (QED) is 0.249. The number of nitrogens with two attached hydrogens (primary N) is 2. The van der Waals surface area contributed by atoms with Crippen LogP contribution in [0.3, 0.4) is 0 Å². The SMILES string of the molecule is CC(C)(C)OC(=O)Nc1cc(F)c(F)cc1C(=O)NCC(=O)C(N)C1CCN(Cc2ccc(O)c(N)c2)CC1. The number of hydrogen-bond donors (Lipinski definition) is 5. The Hall–Kier alpha value is -3.77. The van der Waals surface area contributed by atoms with Crippen LogP contribution >= 0.6 is 0 Å². The van der Waals surface area contributed by atoms with Gasteiger partial charge >= 0.3 is 6.09 Å². The molecule has 212 valence electrons. The molecule has 7 N–H and O–H groups in total. The van der Waals surface area contributed by atoms with Crippen LogP contribution in [0, 0.1) is 17.6 Å². The summed E-state index contributed by atoms with van der Waals surface area (Å²) in [5.74, 6) is -3.91. The summed E-state index contributed by atoms with van der Waals surface area (Å²) in [7, 11) is 0. The number of aromatic hydroxyl groups is 1. The van der Waals surface area contributed by atoms with E-state index in [0.29, 0.717) is 50.3 Å². The Balaban J connectivity index is 1.54. The molecule has 1 aliphatic rings. The number of halogens is 2. The Labute approximate surface area is 225 Å². The minimum Gasteiger partial charge on any atom is -0.506 e. The molecule has 2 amide bonds. The fourth-order valence-corrected chi connectivity index (χ4v) is 4.33. The summed E-state index contributed by atoms with van der Waals surface area (Å²) in [6.45, 7) is 6.49. The molecule has 10 nitrogen and oxygen atoms in total. The first-order valence-electron chi connectivity index (χ1n) is 12.6. The molecule has 1 unspecified atom stereocenters. The van der Waals surface area contributed by atoms with Gasteiger partial charge in [-0.1, -0.05) is 6.07 Å². The lowest BCUT2D eigenvalue weighted by Crippen LogP contribution is -2.47. The third-order valence-electron chi connectivity index (χ3n) is 6.37. The van der Waals surface area contributed by atoms with Crippen molar-refractivity contribution in [1.82, 2.24) is 10.2 Å². The summed E-state index contributed by atoms with van der Waals surface area (Å²) in [6.07, 6.45) is 0.379. The largest absolute Gasteiger partial charge is 0.506 e. The van der Waals surface area contributed by atoms with E-state index in [1.807, 2.05) is 0 Å². The van der Waals surface area contributed by atoms with Gasteiger partial charge in [-0.25, -0.2) is 13.6 Å². The molecular weight excluding hydrogens is 512 g/mol. The first-order valence-corrected chi connectivity index (χ1v) is 12.6. The van der Waals surface area contributed by atoms with Gasteiger partial charge in [0.25, 0.3) is 5.91 Å². The molecule has 1 fully saturated rings. The number of nitrogens with zero attached hydrogens (tertiary/aromatic N) is 1. The van der Waals surface area contributed by atoms with Crippen molar-refractivity contribution < 1.29 is 33.0 Å². The topological polar surface area (TPSA) is 160 Å². The van der Waals surface area contributed by atoms with Crippen molar-refractivity contribution >= 4 is 29.2 Å². The first kappa shape index (κ1) is 29.8. The van der Waals surface area contributed by atoms with Crippen molar-refractivity contribution in [2.75, 3.05) is 30.7 Å². The maximum Gasteiger partial charge on any atom is 0.412 e. The van der Waals surface area contributed by atoms with Crippen LogP contribution in [0.25, 0.3) is 0 Å². The lowest BCUT2D eigenvalue weighted by atomic mass is 9.87. The van der Waals surface area contributed by atoms with E-state index in [4.69, 9.17) is 16.2 Å². The molecule has 1 aliphatic heterocycles. The number of carbonyl (C=O) groups is 3. The highest BCUT2D eigenvalue weighted by atomic mass is 19.2. The summed E-state index contributed by atoms with van der Waals surface area (Å²) in [6, 6.07) is 5.57. The van der Waals surface area contributed by atoms with Gasteiger partial charge in [-0.15, -0.1) is 0 Å². The number of hydrogen-bond acceptors (Lipinski definition) is 8. The number of likely N-dealkylation sites (tertiary alicyclic amines) is 1. The lowest BCUT2D eigenvalue weighted by molar-refractivity contribution is -0.120. The maximum atomic E-state index is 13.9. The molecule has 0 bridgehead atoms. The van der Waals surface area contributed by atoms with E-state index in [-0.39, 0.29) is 22.9 Å². The number of nitrogens with one attached hydrogen (secondary N) is 2. The average molecular weight is 548 g/mol. The molecule has 1 saturated heterocycles. The monoisotopic (exact) mass is 547 g/mol. The third kappa shape index (κ3) is 8.36. The molecule has 1 atom stereocenters. The van der Waals surface area contributed by atoms with E-state index in [0.717, 1.165) is 5.56 Å². The molecule has 0 saturated carbocycles. The molecule has 0 aromatic heterocycles.